The van der Waals surface area contributed by atoms with Crippen molar-refractivity contribution >= 4 is 6.98 Å². The van der Waals surface area contributed by atoms with Crippen molar-refractivity contribution in [1.29, 1.82) is 0 Å². The molecule has 0 saturated carbocycles. The molecule has 1 unspecified atom stereocenters. The Labute approximate surface area is 101 Å². The highest BCUT2D eigenvalue weighted by Gasteiger charge is 2.32. The van der Waals surface area contributed by atoms with Gasteiger partial charge in [-0.05, 0) is 45.4 Å². The van der Waals surface area contributed by atoms with Gasteiger partial charge in [0.1, 0.15) is 0 Å². The Morgan fingerprint density at radius 2 is 1.82 bits per heavy atom. The third-order valence-corrected chi connectivity index (χ3v) is 3.79. The first kappa shape index (κ1) is 13.0. The summed E-state index contributed by atoms with van der Waals surface area (Å²) in [5, 5.41) is 0. The van der Waals surface area contributed by atoms with E-state index in [2.05, 4.69) is 11.5 Å². The molecule has 0 amide bonds. The predicted molar refractivity (Wildman–Crippen MR) is 63.9 cm³/mol. The minimum Gasteiger partial charge on any atom is -0.445 e. The molecule has 0 aromatic carbocycles. The fraction of sp³-hybridized carbons (Fsp3) is 0.818. The van der Waals surface area contributed by atoms with E-state index >= 15 is 0 Å². The summed E-state index contributed by atoms with van der Waals surface area (Å²) in [6.45, 7) is 2.05. The molecular weight excluding hydrogens is 228 g/mol. The highest BCUT2D eigenvalue weighted by molar-refractivity contribution is 6.66. The maximum absolute atomic E-state index is 12.4. The molecule has 2 fully saturated rings. The van der Waals surface area contributed by atoms with Crippen LogP contribution < -0.4 is 0 Å². The molecule has 17 heavy (non-hydrogen) atoms. The van der Waals surface area contributed by atoms with Crippen molar-refractivity contribution in [2.45, 2.75) is 25.3 Å². The zero-order valence-electron chi connectivity index (χ0n) is 10.0. The van der Waals surface area contributed by atoms with Gasteiger partial charge in [-0.2, -0.15) is 0 Å². The van der Waals surface area contributed by atoms with Crippen LogP contribution in [0.25, 0.3) is 0 Å². The molecule has 0 bridgehead atoms. The van der Waals surface area contributed by atoms with Gasteiger partial charge in [0.05, 0.1) is 0 Å². The van der Waals surface area contributed by atoms with E-state index in [0.29, 0.717) is 6.04 Å². The normalized spacial score (nSPS) is 27.8. The van der Waals surface area contributed by atoms with Gasteiger partial charge in [0.2, 0.25) is 0 Å². The minimum atomic E-state index is -4.87. The lowest BCUT2D eigenvalue weighted by Gasteiger charge is -2.26. The first-order valence-corrected chi connectivity index (χ1v) is 6.31. The SMILES string of the molecule is C=C(CN1CCC(N2CCCC2)C1)[B-](F)(F)F. The fourth-order valence-corrected chi connectivity index (χ4v) is 2.75. The lowest BCUT2D eigenvalue weighted by atomic mass is 9.80. The molecule has 0 spiro atoms. The Kier molecular flexibility index (Phi) is 3.83. The largest absolute Gasteiger partial charge is 0.506 e. The van der Waals surface area contributed by atoms with Gasteiger partial charge in [-0.3, -0.25) is 4.90 Å². The summed E-state index contributed by atoms with van der Waals surface area (Å²) in [7, 11) is 0. The molecule has 0 aromatic rings. The Morgan fingerprint density at radius 1 is 1.18 bits per heavy atom. The lowest BCUT2D eigenvalue weighted by molar-refractivity contribution is 0.237. The van der Waals surface area contributed by atoms with E-state index in [0.717, 1.165) is 32.6 Å². The van der Waals surface area contributed by atoms with Gasteiger partial charge in [0, 0.05) is 12.6 Å². The summed E-state index contributed by atoms with van der Waals surface area (Å²) in [5.41, 5.74) is -0.563. The fourth-order valence-electron chi connectivity index (χ4n) is 2.75. The van der Waals surface area contributed by atoms with Gasteiger partial charge in [0.15, 0.2) is 0 Å². The van der Waals surface area contributed by atoms with Gasteiger partial charge in [0.25, 0.3) is 0 Å². The summed E-state index contributed by atoms with van der Waals surface area (Å²) >= 11 is 0. The molecular formula is C11H19BF3N2-. The second-order valence-electron chi connectivity index (χ2n) is 5.15. The van der Waals surface area contributed by atoms with Crippen molar-refractivity contribution in [3.8, 4) is 0 Å². The van der Waals surface area contributed by atoms with E-state index in [9.17, 15) is 12.9 Å². The summed E-state index contributed by atoms with van der Waals surface area (Å²) in [6, 6.07) is 0.464. The molecule has 0 radical (unpaired) electrons. The van der Waals surface area contributed by atoms with Crippen molar-refractivity contribution in [3.05, 3.63) is 12.1 Å². The van der Waals surface area contributed by atoms with E-state index in [1.807, 2.05) is 4.90 Å². The quantitative estimate of drug-likeness (QED) is 0.702. The van der Waals surface area contributed by atoms with Crippen LogP contribution in [0.4, 0.5) is 12.9 Å². The topological polar surface area (TPSA) is 6.48 Å². The molecule has 2 nitrogen and oxygen atoms in total. The van der Waals surface area contributed by atoms with Crippen LogP contribution >= 0.6 is 0 Å². The van der Waals surface area contributed by atoms with Crippen molar-refractivity contribution in [2.24, 2.45) is 0 Å². The predicted octanol–water partition coefficient (Wildman–Crippen LogP) is 2.10. The van der Waals surface area contributed by atoms with Gasteiger partial charge in [-0.1, -0.05) is 0 Å². The van der Waals surface area contributed by atoms with E-state index in [-0.39, 0.29) is 6.54 Å². The summed E-state index contributed by atoms with van der Waals surface area (Å²) in [5.74, 6) is 0. The minimum absolute atomic E-state index is 0.00611. The van der Waals surface area contributed by atoms with Crippen LogP contribution in [-0.4, -0.2) is 55.5 Å². The smallest absolute Gasteiger partial charge is 0.445 e. The Morgan fingerprint density at radius 3 is 2.41 bits per heavy atom. The van der Waals surface area contributed by atoms with Crippen LogP contribution in [0.15, 0.2) is 12.1 Å². The van der Waals surface area contributed by atoms with Crippen molar-refractivity contribution in [3.63, 3.8) is 0 Å². The average molecular weight is 247 g/mol. The summed E-state index contributed by atoms with van der Waals surface area (Å²) in [6.07, 6.45) is 3.46. The maximum Gasteiger partial charge on any atom is 0.506 e. The zero-order valence-corrected chi connectivity index (χ0v) is 10.0. The molecule has 2 rings (SSSR count). The van der Waals surface area contributed by atoms with E-state index < -0.39 is 12.4 Å². The number of halogens is 3. The van der Waals surface area contributed by atoms with Crippen LogP contribution in [0.5, 0.6) is 0 Å². The highest BCUT2D eigenvalue weighted by Crippen LogP contribution is 2.24. The van der Waals surface area contributed by atoms with Crippen LogP contribution in [0.2, 0.25) is 0 Å². The molecule has 6 heteroatoms. The average Bonchev–Trinajstić information content (AvgIpc) is 2.83. The molecule has 2 aliphatic heterocycles. The van der Waals surface area contributed by atoms with Crippen molar-refractivity contribution < 1.29 is 12.9 Å². The second-order valence-corrected chi connectivity index (χ2v) is 5.15. The molecule has 0 N–H and O–H groups in total. The molecule has 2 heterocycles. The van der Waals surface area contributed by atoms with Crippen molar-refractivity contribution in [1.82, 2.24) is 9.80 Å². The van der Waals surface area contributed by atoms with Gasteiger partial charge >= 0.3 is 6.98 Å². The standard InChI is InChI=1S/C11H19BF3N2/c1-10(12(13,14)15)8-16-7-4-11(9-16)17-5-2-3-6-17/h11H,1-9H2/q-1. The first-order chi connectivity index (χ1) is 7.97. The molecule has 2 saturated heterocycles. The summed E-state index contributed by atoms with van der Waals surface area (Å²) < 4.78 is 37.3. The third-order valence-electron chi connectivity index (χ3n) is 3.79. The van der Waals surface area contributed by atoms with Gasteiger partial charge < -0.3 is 17.8 Å². The van der Waals surface area contributed by atoms with Crippen molar-refractivity contribution in [2.75, 3.05) is 32.7 Å². The third kappa shape index (κ3) is 3.25. The van der Waals surface area contributed by atoms with Gasteiger partial charge in [-0.25, -0.2) is 0 Å². The lowest BCUT2D eigenvalue weighted by Crippen LogP contribution is -2.37. The second kappa shape index (κ2) is 5.02. The molecule has 98 valence electrons. The van der Waals surface area contributed by atoms with E-state index in [1.54, 1.807) is 0 Å². The number of rotatable bonds is 4. The zero-order chi connectivity index (χ0) is 12.5. The monoisotopic (exact) mass is 247 g/mol. The Balaban J connectivity index is 1.80. The van der Waals surface area contributed by atoms with Crippen LogP contribution in [0, 0.1) is 0 Å². The maximum atomic E-state index is 12.4. The first-order valence-electron chi connectivity index (χ1n) is 6.31. The summed E-state index contributed by atoms with van der Waals surface area (Å²) in [4.78, 5) is 4.31. The molecule has 0 aromatic heterocycles. The number of likely N-dealkylation sites (tertiary alicyclic amines) is 2. The highest BCUT2D eigenvalue weighted by atomic mass is 19.4. The number of nitrogens with zero attached hydrogens (tertiary/aromatic N) is 2. The Bertz CT molecular complexity index is 287. The number of hydrogen-bond donors (Lipinski definition) is 0. The van der Waals surface area contributed by atoms with E-state index in [1.165, 1.54) is 12.8 Å². The molecule has 1 atom stereocenters. The van der Waals surface area contributed by atoms with Crippen LogP contribution in [0.1, 0.15) is 19.3 Å². The molecule has 2 aliphatic rings. The van der Waals surface area contributed by atoms with E-state index in [4.69, 9.17) is 0 Å². The Hall–Kier alpha value is -0.485. The van der Waals surface area contributed by atoms with Gasteiger partial charge in [-0.15, -0.1) is 12.1 Å². The number of hydrogen-bond acceptors (Lipinski definition) is 2. The van der Waals surface area contributed by atoms with Crippen LogP contribution in [0.3, 0.4) is 0 Å². The van der Waals surface area contributed by atoms with Crippen LogP contribution in [-0.2, 0) is 0 Å². The molecule has 0 aliphatic carbocycles.